The Kier molecular flexibility index (Phi) is 8.16. The molecule has 0 spiro atoms. The van der Waals surface area contributed by atoms with E-state index in [0.29, 0.717) is 28.1 Å². The molecule has 0 aliphatic heterocycles. The standard InChI is InChI=1S/C16H23BrN2O3.ClH/c1-3-22-15-13(17)8-10(9-14(15)21-2)16(20)19-12-6-4-11(18)5-7-12;/h8-9,11-12H,3-7,18H2,1-2H3,(H,19,20);1H. The molecule has 1 aliphatic rings. The van der Waals surface area contributed by atoms with Crippen LogP contribution in [0.25, 0.3) is 0 Å². The molecule has 0 bridgehead atoms. The smallest absolute Gasteiger partial charge is 0.251 e. The summed E-state index contributed by atoms with van der Waals surface area (Å²) in [6, 6.07) is 3.94. The van der Waals surface area contributed by atoms with Crippen LogP contribution in [0.1, 0.15) is 43.0 Å². The summed E-state index contributed by atoms with van der Waals surface area (Å²) in [4.78, 5) is 12.4. The minimum absolute atomic E-state index is 0. The number of hydrogen-bond acceptors (Lipinski definition) is 4. The zero-order valence-corrected chi connectivity index (χ0v) is 15.8. The van der Waals surface area contributed by atoms with Crippen molar-refractivity contribution in [2.75, 3.05) is 13.7 Å². The number of benzene rings is 1. The van der Waals surface area contributed by atoms with E-state index >= 15 is 0 Å². The fourth-order valence-corrected chi connectivity index (χ4v) is 3.22. The van der Waals surface area contributed by atoms with E-state index in [2.05, 4.69) is 21.2 Å². The second-order valence-electron chi connectivity index (χ2n) is 5.51. The third-order valence-corrected chi connectivity index (χ3v) is 4.48. The number of halogens is 2. The zero-order valence-electron chi connectivity index (χ0n) is 13.4. The van der Waals surface area contributed by atoms with E-state index in [1.165, 1.54) is 0 Å². The molecule has 3 N–H and O–H groups in total. The average molecular weight is 408 g/mol. The van der Waals surface area contributed by atoms with Gasteiger partial charge in [0.05, 0.1) is 18.2 Å². The summed E-state index contributed by atoms with van der Waals surface area (Å²) < 4.78 is 11.6. The van der Waals surface area contributed by atoms with Crippen LogP contribution in [-0.4, -0.2) is 31.7 Å². The highest BCUT2D eigenvalue weighted by atomic mass is 79.9. The van der Waals surface area contributed by atoms with E-state index in [9.17, 15) is 4.79 Å². The Hall–Kier alpha value is -0.980. The first kappa shape index (κ1) is 20.1. The molecule has 1 aliphatic carbocycles. The van der Waals surface area contributed by atoms with Gasteiger partial charge in [0.2, 0.25) is 0 Å². The summed E-state index contributed by atoms with van der Waals surface area (Å²) in [7, 11) is 1.56. The summed E-state index contributed by atoms with van der Waals surface area (Å²) in [6.45, 7) is 2.43. The lowest BCUT2D eigenvalue weighted by Gasteiger charge is -2.27. The fraction of sp³-hybridized carbons (Fsp3) is 0.562. The molecule has 23 heavy (non-hydrogen) atoms. The molecule has 0 unspecified atom stereocenters. The summed E-state index contributed by atoms with van der Waals surface area (Å²) >= 11 is 3.44. The van der Waals surface area contributed by atoms with Gasteiger partial charge in [-0.25, -0.2) is 0 Å². The number of methoxy groups -OCH3 is 1. The van der Waals surface area contributed by atoms with Gasteiger partial charge < -0.3 is 20.5 Å². The number of nitrogens with two attached hydrogens (primary N) is 1. The largest absolute Gasteiger partial charge is 0.493 e. The highest BCUT2D eigenvalue weighted by molar-refractivity contribution is 9.10. The SMILES string of the molecule is CCOc1c(Br)cc(C(=O)NC2CCC(N)CC2)cc1OC.Cl. The quantitative estimate of drug-likeness (QED) is 0.785. The molecular formula is C16H24BrClN2O3. The van der Waals surface area contributed by atoms with Crippen molar-refractivity contribution in [3.8, 4) is 11.5 Å². The first-order valence-corrected chi connectivity index (χ1v) is 8.41. The number of amides is 1. The van der Waals surface area contributed by atoms with Crippen LogP contribution >= 0.6 is 28.3 Å². The van der Waals surface area contributed by atoms with Gasteiger partial charge in [0.25, 0.3) is 5.91 Å². The van der Waals surface area contributed by atoms with Gasteiger partial charge >= 0.3 is 0 Å². The van der Waals surface area contributed by atoms with Crippen molar-refractivity contribution in [3.05, 3.63) is 22.2 Å². The fourth-order valence-electron chi connectivity index (χ4n) is 2.67. The van der Waals surface area contributed by atoms with Gasteiger partial charge in [0.15, 0.2) is 11.5 Å². The Labute approximate surface area is 151 Å². The van der Waals surface area contributed by atoms with E-state index in [-0.39, 0.29) is 30.4 Å². The summed E-state index contributed by atoms with van der Waals surface area (Å²) in [5.41, 5.74) is 6.45. The average Bonchev–Trinajstić information content (AvgIpc) is 2.51. The van der Waals surface area contributed by atoms with E-state index in [1.54, 1.807) is 19.2 Å². The Morgan fingerprint density at radius 3 is 2.57 bits per heavy atom. The minimum Gasteiger partial charge on any atom is -0.493 e. The third-order valence-electron chi connectivity index (χ3n) is 3.89. The van der Waals surface area contributed by atoms with Gasteiger partial charge in [-0.05, 0) is 60.7 Å². The van der Waals surface area contributed by atoms with Crippen molar-refractivity contribution in [3.63, 3.8) is 0 Å². The predicted octanol–water partition coefficient (Wildman–Crippen LogP) is 3.28. The van der Waals surface area contributed by atoms with Crippen molar-refractivity contribution in [1.82, 2.24) is 5.32 Å². The van der Waals surface area contributed by atoms with Crippen LogP contribution in [0.15, 0.2) is 16.6 Å². The maximum Gasteiger partial charge on any atom is 0.251 e. The van der Waals surface area contributed by atoms with Crippen LogP contribution in [0.3, 0.4) is 0 Å². The first-order chi connectivity index (χ1) is 10.5. The molecule has 0 atom stereocenters. The number of rotatable bonds is 5. The number of carbonyl (C=O) groups is 1. The van der Waals surface area contributed by atoms with Gasteiger partial charge in [0.1, 0.15) is 0 Å². The molecule has 1 aromatic carbocycles. The van der Waals surface area contributed by atoms with Crippen molar-refractivity contribution in [1.29, 1.82) is 0 Å². The van der Waals surface area contributed by atoms with Crippen molar-refractivity contribution in [2.45, 2.75) is 44.7 Å². The lowest BCUT2D eigenvalue weighted by molar-refractivity contribution is 0.0925. The van der Waals surface area contributed by atoms with Crippen LogP contribution in [0, 0.1) is 0 Å². The second-order valence-corrected chi connectivity index (χ2v) is 6.36. The Bertz CT molecular complexity index is 534. The van der Waals surface area contributed by atoms with Crippen LogP contribution in [0.5, 0.6) is 11.5 Å². The summed E-state index contributed by atoms with van der Waals surface area (Å²) in [5.74, 6) is 1.07. The van der Waals surface area contributed by atoms with Crippen LogP contribution in [-0.2, 0) is 0 Å². The Morgan fingerprint density at radius 2 is 2.00 bits per heavy atom. The maximum atomic E-state index is 12.4. The molecule has 0 aromatic heterocycles. The van der Waals surface area contributed by atoms with Crippen molar-refractivity contribution < 1.29 is 14.3 Å². The number of hydrogen-bond donors (Lipinski definition) is 2. The van der Waals surface area contributed by atoms with E-state index in [4.69, 9.17) is 15.2 Å². The van der Waals surface area contributed by atoms with Gasteiger partial charge in [-0.3, -0.25) is 4.79 Å². The minimum atomic E-state index is -0.0949. The highest BCUT2D eigenvalue weighted by Gasteiger charge is 2.22. The molecule has 0 heterocycles. The topological polar surface area (TPSA) is 73.6 Å². The van der Waals surface area contributed by atoms with Crippen LogP contribution in [0.4, 0.5) is 0 Å². The number of ether oxygens (including phenoxy) is 2. The molecule has 1 saturated carbocycles. The second kappa shape index (κ2) is 9.35. The molecule has 1 aromatic rings. The van der Waals surface area contributed by atoms with Gasteiger partial charge in [0, 0.05) is 17.6 Å². The predicted molar refractivity (Wildman–Crippen MR) is 96.8 cm³/mol. The summed E-state index contributed by atoms with van der Waals surface area (Å²) in [6.07, 6.45) is 3.78. The molecule has 1 amide bonds. The maximum absolute atomic E-state index is 12.4. The number of carbonyl (C=O) groups excluding carboxylic acids is 1. The first-order valence-electron chi connectivity index (χ1n) is 7.62. The van der Waals surface area contributed by atoms with E-state index in [0.717, 1.165) is 25.7 Å². The van der Waals surface area contributed by atoms with Crippen molar-refractivity contribution in [2.24, 2.45) is 5.73 Å². The lowest BCUT2D eigenvalue weighted by Crippen LogP contribution is -2.40. The van der Waals surface area contributed by atoms with Gasteiger partial charge in [-0.2, -0.15) is 0 Å². The molecule has 0 saturated heterocycles. The van der Waals surface area contributed by atoms with Gasteiger partial charge in [-0.15, -0.1) is 12.4 Å². The van der Waals surface area contributed by atoms with Crippen LogP contribution < -0.4 is 20.5 Å². The Balaban J connectivity index is 0.00000264. The number of nitrogens with one attached hydrogen (secondary N) is 1. The molecule has 130 valence electrons. The van der Waals surface area contributed by atoms with Gasteiger partial charge in [-0.1, -0.05) is 0 Å². The molecule has 7 heteroatoms. The normalized spacial score (nSPS) is 20.3. The van der Waals surface area contributed by atoms with E-state index in [1.807, 2.05) is 6.92 Å². The highest BCUT2D eigenvalue weighted by Crippen LogP contribution is 2.36. The molecule has 0 radical (unpaired) electrons. The van der Waals surface area contributed by atoms with E-state index < -0.39 is 0 Å². The third kappa shape index (κ3) is 5.26. The monoisotopic (exact) mass is 406 g/mol. The van der Waals surface area contributed by atoms with Crippen LogP contribution in [0.2, 0.25) is 0 Å². The van der Waals surface area contributed by atoms with Crippen molar-refractivity contribution >= 4 is 34.2 Å². The molecular weight excluding hydrogens is 384 g/mol. The molecule has 2 rings (SSSR count). The lowest BCUT2D eigenvalue weighted by atomic mass is 9.91. The Morgan fingerprint density at radius 1 is 1.35 bits per heavy atom. The molecule has 1 fully saturated rings. The summed E-state index contributed by atoms with van der Waals surface area (Å²) in [5, 5.41) is 3.07. The zero-order chi connectivity index (χ0) is 16.1. The molecule has 5 nitrogen and oxygen atoms in total.